The van der Waals surface area contributed by atoms with Crippen LogP contribution in [-0.4, -0.2) is 25.5 Å². The van der Waals surface area contributed by atoms with Gasteiger partial charge in [-0.25, -0.2) is 0 Å². The van der Waals surface area contributed by atoms with Crippen molar-refractivity contribution in [2.45, 2.75) is 19.8 Å². The van der Waals surface area contributed by atoms with E-state index in [4.69, 9.17) is 4.74 Å². The van der Waals surface area contributed by atoms with Gasteiger partial charge >= 0.3 is 0 Å². The van der Waals surface area contributed by atoms with Gasteiger partial charge in [-0.2, -0.15) is 0 Å². The molecule has 3 heteroatoms. The van der Waals surface area contributed by atoms with Crippen molar-refractivity contribution in [3.05, 3.63) is 29.8 Å². The molecule has 0 bridgehead atoms. The molecule has 1 heterocycles. The third kappa shape index (κ3) is 3.56. The zero-order chi connectivity index (χ0) is 12.1. The molecule has 0 amide bonds. The maximum absolute atomic E-state index is 11.2. The summed E-state index contributed by atoms with van der Waals surface area (Å²) < 4.78 is 5.76. The van der Waals surface area contributed by atoms with Gasteiger partial charge in [0.15, 0.2) is 5.78 Å². The summed E-state index contributed by atoms with van der Waals surface area (Å²) in [6.45, 7) is 4.50. The number of nitrogens with one attached hydrogen (secondary N) is 1. The lowest BCUT2D eigenvalue weighted by molar-refractivity contribution is 0.101. The van der Waals surface area contributed by atoms with E-state index in [2.05, 4.69) is 5.32 Å². The molecule has 1 aromatic rings. The Morgan fingerprint density at radius 3 is 2.88 bits per heavy atom. The Bertz CT molecular complexity index is 384. The second-order valence-electron chi connectivity index (χ2n) is 4.59. The van der Waals surface area contributed by atoms with Crippen LogP contribution in [0.4, 0.5) is 0 Å². The van der Waals surface area contributed by atoms with Gasteiger partial charge in [-0.15, -0.1) is 0 Å². The van der Waals surface area contributed by atoms with Crippen LogP contribution < -0.4 is 10.1 Å². The molecular weight excluding hydrogens is 214 g/mol. The van der Waals surface area contributed by atoms with Crippen LogP contribution in [-0.2, 0) is 0 Å². The predicted molar refractivity (Wildman–Crippen MR) is 67.5 cm³/mol. The average molecular weight is 233 g/mol. The topological polar surface area (TPSA) is 38.3 Å². The SMILES string of the molecule is CC(=O)c1cccc(OCC2CCNCC2)c1. The van der Waals surface area contributed by atoms with E-state index in [1.165, 1.54) is 12.8 Å². The first-order chi connectivity index (χ1) is 8.25. The van der Waals surface area contributed by atoms with Crippen LogP contribution >= 0.6 is 0 Å². The number of ketones is 1. The van der Waals surface area contributed by atoms with Gasteiger partial charge in [0.05, 0.1) is 6.61 Å². The Balaban J connectivity index is 1.89. The molecule has 0 spiro atoms. The summed E-state index contributed by atoms with van der Waals surface area (Å²) in [4.78, 5) is 11.2. The molecule has 92 valence electrons. The monoisotopic (exact) mass is 233 g/mol. The highest BCUT2D eigenvalue weighted by Crippen LogP contribution is 2.17. The molecule has 0 unspecified atom stereocenters. The zero-order valence-electron chi connectivity index (χ0n) is 10.2. The van der Waals surface area contributed by atoms with E-state index in [1.807, 2.05) is 24.3 Å². The van der Waals surface area contributed by atoms with E-state index in [0.29, 0.717) is 11.5 Å². The fourth-order valence-corrected chi connectivity index (χ4v) is 2.07. The minimum Gasteiger partial charge on any atom is -0.493 e. The summed E-state index contributed by atoms with van der Waals surface area (Å²) in [5, 5.41) is 3.34. The molecule has 0 aromatic heterocycles. The molecule has 1 aromatic carbocycles. The number of piperidine rings is 1. The Hall–Kier alpha value is -1.35. The molecule has 0 radical (unpaired) electrons. The Labute approximate surface area is 102 Å². The van der Waals surface area contributed by atoms with Gasteiger partial charge in [0, 0.05) is 5.56 Å². The fourth-order valence-electron chi connectivity index (χ4n) is 2.07. The minimum absolute atomic E-state index is 0.0808. The largest absolute Gasteiger partial charge is 0.493 e. The minimum atomic E-state index is 0.0808. The molecule has 1 fully saturated rings. The van der Waals surface area contributed by atoms with Gasteiger partial charge in [-0.3, -0.25) is 4.79 Å². The molecule has 0 atom stereocenters. The van der Waals surface area contributed by atoms with Crippen molar-refractivity contribution in [3.8, 4) is 5.75 Å². The van der Waals surface area contributed by atoms with Crippen molar-refractivity contribution in [1.82, 2.24) is 5.32 Å². The van der Waals surface area contributed by atoms with E-state index in [0.717, 1.165) is 25.4 Å². The number of hydrogen-bond donors (Lipinski definition) is 1. The van der Waals surface area contributed by atoms with Gasteiger partial charge in [-0.1, -0.05) is 12.1 Å². The number of carbonyl (C=O) groups is 1. The lowest BCUT2D eigenvalue weighted by Crippen LogP contribution is -2.30. The van der Waals surface area contributed by atoms with Crippen LogP contribution in [0.25, 0.3) is 0 Å². The summed E-state index contributed by atoms with van der Waals surface area (Å²) in [6, 6.07) is 7.42. The third-order valence-corrected chi connectivity index (χ3v) is 3.18. The third-order valence-electron chi connectivity index (χ3n) is 3.18. The smallest absolute Gasteiger partial charge is 0.159 e. The Kier molecular flexibility index (Phi) is 4.15. The normalized spacial score (nSPS) is 16.8. The molecule has 2 rings (SSSR count). The number of carbonyl (C=O) groups excluding carboxylic acids is 1. The highest BCUT2D eigenvalue weighted by molar-refractivity contribution is 5.94. The highest BCUT2D eigenvalue weighted by Gasteiger charge is 2.13. The maximum Gasteiger partial charge on any atom is 0.159 e. The first kappa shape index (κ1) is 12.1. The molecule has 1 aliphatic rings. The molecular formula is C14H19NO2. The standard InChI is InChI=1S/C14H19NO2/c1-11(16)13-3-2-4-14(9-13)17-10-12-5-7-15-8-6-12/h2-4,9,12,15H,5-8,10H2,1H3. The van der Waals surface area contributed by atoms with Gasteiger partial charge in [0.1, 0.15) is 5.75 Å². The van der Waals surface area contributed by atoms with Gasteiger partial charge < -0.3 is 10.1 Å². The average Bonchev–Trinajstić information content (AvgIpc) is 2.38. The second-order valence-corrected chi connectivity index (χ2v) is 4.59. The number of hydrogen-bond acceptors (Lipinski definition) is 3. The van der Waals surface area contributed by atoms with Gasteiger partial charge in [0.2, 0.25) is 0 Å². The van der Waals surface area contributed by atoms with Crippen LogP contribution in [0.2, 0.25) is 0 Å². The van der Waals surface area contributed by atoms with Crippen LogP contribution in [0.15, 0.2) is 24.3 Å². The number of rotatable bonds is 4. The van der Waals surface area contributed by atoms with Crippen molar-refractivity contribution in [2.24, 2.45) is 5.92 Å². The van der Waals surface area contributed by atoms with E-state index in [1.54, 1.807) is 6.92 Å². The fraction of sp³-hybridized carbons (Fsp3) is 0.500. The first-order valence-corrected chi connectivity index (χ1v) is 6.20. The molecule has 3 nitrogen and oxygen atoms in total. The summed E-state index contributed by atoms with van der Waals surface area (Å²) in [5.74, 6) is 1.52. The Morgan fingerprint density at radius 1 is 1.41 bits per heavy atom. The lowest BCUT2D eigenvalue weighted by Gasteiger charge is -2.22. The van der Waals surface area contributed by atoms with Crippen molar-refractivity contribution >= 4 is 5.78 Å². The second kappa shape index (κ2) is 5.82. The molecule has 17 heavy (non-hydrogen) atoms. The van der Waals surface area contributed by atoms with Gasteiger partial charge in [0.25, 0.3) is 0 Å². The quantitative estimate of drug-likeness (QED) is 0.811. The van der Waals surface area contributed by atoms with E-state index in [9.17, 15) is 4.79 Å². The number of Topliss-reactive ketones (excluding diaryl/α,β-unsaturated/α-hetero) is 1. The summed E-state index contributed by atoms with van der Waals surface area (Å²) >= 11 is 0. The predicted octanol–water partition coefficient (Wildman–Crippen LogP) is 2.27. The molecule has 0 aliphatic carbocycles. The van der Waals surface area contributed by atoms with Crippen LogP contribution in [0.3, 0.4) is 0 Å². The molecule has 1 N–H and O–H groups in total. The summed E-state index contributed by atoms with van der Waals surface area (Å²) in [6.07, 6.45) is 2.35. The molecule has 1 aliphatic heterocycles. The molecule has 0 saturated carbocycles. The van der Waals surface area contributed by atoms with Crippen LogP contribution in [0.1, 0.15) is 30.1 Å². The molecule has 1 saturated heterocycles. The number of ether oxygens (including phenoxy) is 1. The van der Waals surface area contributed by atoms with Crippen molar-refractivity contribution in [2.75, 3.05) is 19.7 Å². The highest BCUT2D eigenvalue weighted by atomic mass is 16.5. The van der Waals surface area contributed by atoms with Crippen molar-refractivity contribution in [3.63, 3.8) is 0 Å². The van der Waals surface area contributed by atoms with E-state index in [-0.39, 0.29) is 5.78 Å². The Morgan fingerprint density at radius 2 is 2.18 bits per heavy atom. The van der Waals surface area contributed by atoms with Crippen molar-refractivity contribution in [1.29, 1.82) is 0 Å². The zero-order valence-corrected chi connectivity index (χ0v) is 10.2. The summed E-state index contributed by atoms with van der Waals surface area (Å²) in [7, 11) is 0. The first-order valence-electron chi connectivity index (χ1n) is 6.20. The van der Waals surface area contributed by atoms with Crippen LogP contribution in [0.5, 0.6) is 5.75 Å². The van der Waals surface area contributed by atoms with Crippen LogP contribution in [0, 0.1) is 5.92 Å². The maximum atomic E-state index is 11.2. The van der Waals surface area contributed by atoms with E-state index >= 15 is 0 Å². The van der Waals surface area contributed by atoms with Gasteiger partial charge in [-0.05, 0) is 50.9 Å². The summed E-state index contributed by atoms with van der Waals surface area (Å²) in [5.41, 5.74) is 0.716. The van der Waals surface area contributed by atoms with E-state index < -0.39 is 0 Å². The lowest BCUT2D eigenvalue weighted by atomic mass is 9.99. The van der Waals surface area contributed by atoms with Crippen molar-refractivity contribution < 1.29 is 9.53 Å². The number of benzene rings is 1.